The van der Waals surface area contributed by atoms with Crippen LogP contribution in [0.25, 0.3) is 22.0 Å². The largest absolute Gasteiger partial charge is 0.334 e. The number of aromatic nitrogens is 2. The summed E-state index contributed by atoms with van der Waals surface area (Å²) in [6, 6.07) is 20.1. The lowest BCUT2D eigenvalue weighted by atomic mass is 10.00. The molecule has 138 valence electrons. The van der Waals surface area contributed by atoms with Crippen molar-refractivity contribution in [1.29, 1.82) is 0 Å². The van der Waals surface area contributed by atoms with Crippen molar-refractivity contribution in [3.05, 3.63) is 89.4 Å². The van der Waals surface area contributed by atoms with Gasteiger partial charge in [-0.15, -0.1) is 0 Å². The highest BCUT2D eigenvalue weighted by atomic mass is 19.1. The van der Waals surface area contributed by atoms with E-state index in [-0.39, 0.29) is 11.7 Å². The number of rotatable bonds is 2. The smallest absolute Gasteiger partial charge is 0.254 e. The Morgan fingerprint density at radius 3 is 2.61 bits per heavy atom. The van der Waals surface area contributed by atoms with Crippen molar-refractivity contribution in [3.8, 4) is 11.3 Å². The molecule has 5 heteroatoms. The first-order valence-electron chi connectivity index (χ1n) is 9.29. The molecule has 1 aliphatic heterocycles. The second kappa shape index (κ2) is 6.60. The third-order valence-corrected chi connectivity index (χ3v) is 5.33. The molecule has 4 nitrogen and oxygen atoms in total. The molecule has 28 heavy (non-hydrogen) atoms. The Balaban J connectivity index is 1.45. The number of carbonyl (C=O) groups is 1. The predicted octanol–water partition coefficient (Wildman–Crippen LogP) is 4.57. The summed E-state index contributed by atoms with van der Waals surface area (Å²) in [4.78, 5) is 15.0. The Morgan fingerprint density at radius 1 is 1.00 bits per heavy atom. The molecule has 1 amide bonds. The number of nitrogens with zero attached hydrogens (tertiary/aromatic N) is 2. The highest BCUT2D eigenvalue weighted by molar-refractivity contribution is 5.98. The third-order valence-electron chi connectivity index (χ3n) is 5.33. The number of benzene rings is 3. The maximum absolute atomic E-state index is 13.3. The molecule has 1 aromatic heterocycles. The van der Waals surface area contributed by atoms with Gasteiger partial charge >= 0.3 is 0 Å². The number of amides is 1. The van der Waals surface area contributed by atoms with Gasteiger partial charge in [0.05, 0.1) is 5.69 Å². The van der Waals surface area contributed by atoms with Crippen LogP contribution in [0.1, 0.15) is 21.6 Å². The minimum atomic E-state index is -0.277. The first kappa shape index (κ1) is 16.7. The highest BCUT2D eigenvalue weighted by Crippen LogP contribution is 2.29. The van der Waals surface area contributed by atoms with Gasteiger partial charge in [0.25, 0.3) is 5.91 Å². The average molecular weight is 371 g/mol. The van der Waals surface area contributed by atoms with Crippen molar-refractivity contribution in [2.24, 2.45) is 0 Å². The van der Waals surface area contributed by atoms with Crippen molar-refractivity contribution in [3.63, 3.8) is 0 Å². The molecule has 0 unspecified atom stereocenters. The number of halogens is 1. The van der Waals surface area contributed by atoms with Crippen LogP contribution >= 0.6 is 0 Å². The molecule has 0 aliphatic carbocycles. The van der Waals surface area contributed by atoms with Gasteiger partial charge in [0.15, 0.2) is 0 Å². The second-order valence-electron chi connectivity index (χ2n) is 7.07. The number of aromatic amines is 1. The first-order valence-corrected chi connectivity index (χ1v) is 9.29. The summed E-state index contributed by atoms with van der Waals surface area (Å²) >= 11 is 0. The number of nitrogens with one attached hydrogen (secondary N) is 1. The maximum Gasteiger partial charge on any atom is 0.254 e. The number of fused-ring (bicyclic) bond motifs is 2. The molecule has 0 atom stereocenters. The molecule has 0 fully saturated rings. The molecule has 0 radical (unpaired) electrons. The molecule has 4 aromatic rings. The van der Waals surface area contributed by atoms with Crippen LogP contribution in [0.15, 0.2) is 66.7 Å². The van der Waals surface area contributed by atoms with E-state index in [4.69, 9.17) is 0 Å². The quantitative estimate of drug-likeness (QED) is 0.561. The van der Waals surface area contributed by atoms with Gasteiger partial charge in [0.1, 0.15) is 5.82 Å². The monoisotopic (exact) mass is 371 g/mol. The molecule has 0 saturated heterocycles. The fourth-order valence-electron chi connectivity index (χ4n) is 3.82. The molecule has 2 heterocycles. The topological polar surface area (TPSA) is 49.0 Å². The summed E-state index contributed by atoms with van der Waals surface area (Å²) in [6.07, 6.45) is 0.725. The first-order chi connectivity index (χ1) is 13.7. The Labute approximate surface area is 161 Å². The summed E-state index contributed by atoms with van der Waals surface area (Å²) in [7, 11) is 0. The molecule has 5 rings (SSSR count). The third kappa shape index (κ3) is 2.85. The van der Waals surface area contributed by atoms with E-state index in [1.807, 2.05) is 47.4 Å². The van der Waals surface area contributed by atoms with E-state index in [9.17, 15) is 9.18 Å². The van der Waals surface area contributed by atoms with Crippen LogP contribution in [-0.2, 0) is 13.0 Å². The van der Waals surface area contributed by atoms with Gasteiger partial charge in [-0.2, -0.15) is 5.10 Å². The summed E-state index contributed by atoms with van der Waals surface area (Å²) in [5, 5.41) is 9.68. The molecule has 0 spiro atoms. The van der Waals surface area contributed by atoms with Gasteiger partial charge in [0, 0.05) is 41.9 Å². The van der Waals surface area contributed by atoms with E-state index in [1.54, 1.807) is 12.1 Å². The Hall–Kier alpha value is -3.47. The van der Waals surface area contributed by atoms with E-state index in [0.717, 1.165) is 39.7 Å². The summed E-state index contributed by atoms with van der Waals surface area (Å²) in [5.41, 5.74) is 4.37. The molecule has 1 aliphatic rings. The predicted molar refractivity (Wildman–Crippen MR) is 106 cm³/mol. The summed E-state index contributed by atoms with van der Waals surface area (Å²) in [6.45, 7) is 1.13. The van der Waals surface area contributed by atoms with Gasteiger partial charge < -0.3 is 4.90 Å². The fraction of sp³-hybridized carbons (Fsp3) is 0.130. The number of carbonyl (C=O) groups excluding carboxylic acids is 1. The summed E-state index contributed by atoms with van der Waals surface area (Å²) in [5.74, 6) is -0.260. The van der Waals surface area contributed by atoms with Crippen LogP contribution in [0.4, 0.5) is 4.39 Å². The van der Waals surface area contributed by atoms with Crippen molar-refractivity contribution in [2.45, 2.75) is 13.0 Å². The second-order valence-corrected chi connectivity index (χ2v) is 7.07. The zero-order valence-electron chi connectivity index (χ0n) is 15.2. The van der Waals surface area contributed by atoms with Crippen LogP contribution in [0.3, 0.4) is 0 Å². The van der Waals surface area contributed by atoms with Crippen LogP contribution < -0.4 is 0 Å². The minimum absolute atomic E-state index is 0.0164. The number of hydrogen-bond donors (Lipinski definition) is 1. The number of hydrogen-bond acceptors (Lipinski definition) is 2. The van der Waals surface area contributed by atoms with Gasteiger partial charge in [-0.05, 0) is 47.2 Å². The highest BCUT2D eigenvalue weighted by Gasteiger charge is 2.26. The summed E-state index contributed by atoms with van der Waals surface area (Å²) < 4.78 is 13.3. The van der Waals surface area contributed by atoms with Crippen LogP contribution in [0.2, 0.25) is 0 Å². The van der Waals surface area contributed by atoms with Crippen molar-refractivity contribution in [1.82, 2.24) is 15.1 Å². The van der Waals surface area contributed by atoms with E-state index in [2.05, 4.69) is 10.2 Å². The van der Waals surface area contributed by atoms with Crippen LogP contribution in [0, 0.1) is 5.82 Å². The van der Waals surface area contributed by atoms with E-state index in [1.165, 1.54) is 12.1 Å². The maximum atomic E-state index is 13.3. The van der Waals surface area contributed by atoms with Crippen molar-refractivity contribution >= 4 is 16.7 Å². The lowest BCUT2D eigenvalue weighted by Crippen LogP contribution is -2.35. The molecular formula is C23H18FN3O. The molecule has 0 saturated carbocycles. The SMILES string of the molecule is O=C(c1ccc2ccccc2c1)N1CCc2[nH]nc(-c3ccc(F)cc3)c2C1. The van der Waals surface area contributed by atoms with E-state index >= 15 is 0 Å². The van der Waals surface area contributed by atoms with Gasteiger partial charge in [-0.3, -0.25) is 9.89 Å². The lowest BCUT2D eigenvalue weighted by molar-refractivity contribution is 0.0735. The van der Waals surface area contributed by atoms with Crippen molar-refractivity contribution in [2.75, 3.05) is 6.54 Å². The van der Waals surface area contributed by atoms with Gasteiger partial charge in [0.2, 0.25) is 0 Å². The van der Waals surface area contributed by atoms with Crippen LogP contribution in [-0.4, -0.2) is 27.5 Å². The number of H-pyrrole nitrogens is 1. The van der Waals surface area contributed by atoms with Gasteiger partial charge in [-0.1, -0.05) is 30.3 Å². The average Bonchev–Trinajstić information content (AvgIpc) is 3.16. The molecule has 0 bridgehead atoms. The zero-order valence-corrected chi connectivity index (χ0v) is 15.2. The fourth-order valence-corrected chi connectivity index (χ4v) is 3.82. The standard InChI is InChI=1S/C23H18FN3O/c24-19-9-7-16(8-10-19)22-20-14-27(12-11-21(20)25-26-22)23(28)18-6-5-15-3-1-2-4-17(15)13-18/h1-10,13H,11-12,14H2,(H,25,26). The molecule has 3 aromatic carbocycles. The normalized spacial score (nSPS) is 13.5. The Morgan fingerprint density at radius 2 is 1.79 bits per heavy atom. The van der Waals surface area contributed by atoms with Gasteiger partial charge in [-0.25, -0.2) is 4.39 Å². The van der Waals surface area contributed by atoms with E-state index in [0.29, 0.717) is 18.7 Å². The minimum Gasteiger partial charge on any atom is -0.334 e. The molecular weight excluding hydrogens is 353 g/mol. The van der Waals surface area contributed by atoms with Crippen LogP contribution in [0.5, 0.6) is 0 Å². The van der Waals surface area contributed by atoms with Crippen molar-refractivity contribution < 1.29 is 9.18 Å². The zero-order chi connectivity index (χ0) is 19.1. The Kier molecular flexibility index (Phi) is 3.93. The lowest BCUT2D eigenvalue weighted by Gasteiger charge is -2.27. The Bertz CT molecular complexity index is 1180. The molecule has 1 N–H and O–H groups in total. The van der Waals surface area contributed by atoms with E-state index < -0.39 is 0 Å².